The third-order valence-electron chi connectivity index (χ3n) is 2.80. The normalized spacial score (nSPS) is 11.6. The third-order valence-corrected chi connectivity index (χ3v) is 3.40. The SMILES string of the molecule is COc1cc(C(C)(C)CCN)cc(Br)c1O. The van der Waals surface area contributed by atoms with E-state index in [-0.39, 0.29) is 11.2 Å². The van der Waals surface area contributed by atoms with Gasteiger partial charge in [-0.1, -0.05) is 13.8 Å². The maximum Gasteiger partial charge on any atom is 0.172 e. The van der Waals surface area contributed by atoms with E-state index in [1.54, 1.807) is 7.11 Å². The van der Waals surface area contributed by atoms with E-state index in [1.807, 2.05) is 12.1 Å². The van der Waals surface area contributed by atoms with Crippen molar-refractivity contribution in [1.29, 1.82) is 0 Å². The van der Waals surface area contributed by atoms with Crippen LogP contribution in [0.2, 0.25) is 0 Å². The molecule has 3 N–H and O–H groups in total. The van der Waals surface area contributed by atoms with E-state index in [9.17, 15) is 5.11 Å². The van der Waals surface area contributed by atoms with Crippen molar-refractivity contribution in [3.05, 3.63) is 22.2 Å². The van der Waals surface area contributed by atoms with E-state index in [1.165, 1.54) is 0 Å². The molecule has 0 fully saturated rings. The zero-order valence-electron chi connectivity index (χ0n) is 9.88. The van der Waals surface area contributed by atoms with Gasteiger partial charge < -0.3 is 15.6 Å². The first-order chi connectivity index (χ1) is 7.42. The van der Waals surface area contributed by atoms with Gasteiger partial charge in [-0.2, -0.15) is 0 Å². The number of ether oxygens (including phenoxy) is 1. The quantitative estimate of drug-likeness (QED) is 0.895. The zero-order valence-corrected chi connectivity index (χ0v) is 11.5. The van der Waals surface area contributed by atoms with E-state index in [0.29, 0.717) is 16.8 Å². The van der Waals surface area contributed by atoms with Gasteiger partial charge in [0, 0.05) is 0 Å². The van der Waals surface area contributed by atoms with Gasteiger partial charge in [0.25, 0.3) is 0 Å². The first-order valence-electron chi connectivity index (χ1n) is 5.19. The molecule has 0 amide bonds. The van der Waals surface area contributed by atoms with E-state index in [0.717, 1.165) is 12.0 Å². The van der Waals surface area contributed by atoms with Crippen molar-refractivity contribution in [3.63, 3.8) is 0 Å². The number of rotatable bonds is 4. The lowest BCUT2D eigenvalue weighted by Crippen LogP contribution is -2.21. The summed E-state index contributed by atoms with van der Waals surface area (Å²) in [6, 6.07) is 3.77. The van der Waals surface area contributed by atoms with Crippen LogP contribution in [0, 0.1) is 0 Å². The Kier molecular flexibility index (Phi) is 4.21. The molecule has 1 rings (SSSR count). The zero-order chi connectivity index (χ0) is 12.3. The van der Waals surface area contributed by atoms with Crippen LogP contribution in [0.25, 0.3) is 0 Å². The number of hydrogen-bond acceptors (Lipinski definition) is 3. The number of nitrogens with two attached hydrogens (primary N) is 1. The Morgan fingerprint density at radius 3 is 2.56 bits per heavy atom. The summed E-state index contributed by atoms with van der Waals surface area (Å²) in [4.78, 5) is 0. The molecule has 0 spiro atoms. The van der Waals surface area contributed by atoms with Crippen LogP contribution in [-0.4, -0.2) is 18.8 Å². The van der Waals surface area contributed by atoms with E-state index in [4.69, 9.17) is 10.5 Å². The van der Waals surface area contributed by atoms with Gasteiger partial charge in [0.05, 0.1) is 11.6 Å². The molecular formula is C12H18BrNO2. The molecule has 4 heteroatoms. The van der Waals surface area contributed by atoms with Crippen LogP contribution in [0.5, 0.6) is 11.5 Å². The van der Waals surface area contributed by atoms with Crippen LogP contribution in [-0.2, 0) is 5.41 Å². The highest BCUT2D eigenvalue weighted by Gasteiger charge is 2.22. The summed E-state index contributed by atoms with van der Waals surface area (Å²) in [5.41, 5.74) is 6.67. The lowest BCUT2D eigenvalue weighted by atomic mass is 9.81. The Balaban J connectivity index is 3.20. The van der Waals surface area contributed by atoms with Crippen molar-refractivity contribution in [2.45, 2.75) is 25.7 Å². The Morgan fingerprint density at radius 2 is 2.06 bits per heavy atom. The molecule has 0 bridgehead atoms. The Labute approximate surface area is 105 Å². The number of phenols is 1. The van der Waals surface area contributed by atoms with Crippen molar-refractivity contribution in [2.24, 2.45) is 5.73 Å². The van der Waals surface area contributed by atoms with Gasteiger partial charge in [-0.25, -0.2) is 0 Å². The molecule has 0 radical (unpaired) electrons. The van der Waals surface area contributed by atoms with Crippen LogP contribution in [0.15, 0.2) is 16.6 Å². The predicted molar refractivity (Wildman–Crippen MR) is 69.1 cm³/mol. The third kappa shape index (κ3) is 2.68. The fourth-order valence-electron chi connectivity index (χ4n) is 1.63. The molecule has 1 aromatic rings. The molecule has 0 aliphatic carbocycles. The van der Waals surface area contributed by atoms with Crippen molar-refractivity contribution in [1.82, 2.24) is 0 Å². The van der Waals surface area contributed by atoms with Crippen molar-refractivity contribution < 1.29 is 9.84 Å². The monoisotopic (exact) mass is 287 g/mol. The molecule has 90 valence electrons. The smallest absolute Gasteiger partial charge is 0.172 e. The van der Waals surface area contributed by atoms with Gasteiger partial charge in [0.2, 0.25) is 0 Å². The number of aromatic hydroxyl groups is 1. The minimum absolute atomic E-state index is 0.0295. The minimum Gasteiger partial charge on any atom is -0.503 e. The molecule has 16 heavy (non-hydrogen) atoms. The Morgan fingerprint density at radius 1 is 1.44 bits per heavy atom. The summed E-state index contributed by atoms with van der Waals surface area (Å²) in [6.45, 7) is 4.88. The predicted octanol–water partition coefficient (Wildman–Crippen LogP) is 2.79. The summed E-state index contributed by atoms with van der Waals surface area (Å²) < 4.78 is 5.77. The van der Waals surface area contributed by atoms with Crippen LogP contribution in [0.4, 0.5) is 0 Å². The molecule has 0 heterocycles. The molecule has 0 aromatic heterocycles. The maximum absolute atomic E-state index is 9.72. The largest absolute Gasteiger partial charge is 0.503 e. The average Bonchev–Trinajstić information content (AvgIpc) is 2.21. The lowest BCUT2D eigenvalue weighted by molar-refractivity contribution is 0.369. The van der Waals surface area contributed by atoms with E-state index in [2.05, 4.69) is 29.8 Å². The highest BCUT2D eigenvalue weighted by molar-refractivity contribution is 9.10. The van der Waals surface area contributed by atoms with Gasteiger partial charge >= 0.3 is 0 Å². The summed E-state index contributed by atoms with van der Waals surface area (Å²) in [5.74, 6) is 0.615. The first-order valence-corrected chi connectivity index (χ1v) is 5.98. The summed E-state index contributed by atoms with van der Waals surface area (Å²) >= 11 is 3.32. The molecule has 1 aromatic carbocycles. The van der Waals surface area contributed by atoms with E-state index < -0.39 is 0 Å². The molecule has 3 nitrogen and oxygen atoms in total. The number of halogens is 1. The molecule has 0 aliphatic rings. The molecule has 0 aliphatic heterocycles. The topological polar surface area (TPSA) is 55.5 Å². The van der Waals surface area contributed by atoms with Gasteiger partial charge in [-0.15, -0.1) is 0 Å². The van der Waals surface area contributed by atoms with E-state index >= 15 is 0 Å². The van der Waals surface area contributed by atoms with Crippen LogP contribution in [0.1, 0.15) is 25.8 Å². The minimum atomic E-state index is -0.0295. The maximum atomic E-state index is 9.72. The van der Waals surface area contributed by atoms with Crippen LogP contribution in [0.3, 0.4) is 0 Å². The average molecular weight is 288 g/mol. The van der Waals surface area contributed by atoms with Crippen molar-refractivity contribution in [3.8, 4) is 11.5 Å². The highest BCUT2D eigenvalue weighted by Crippen LogP contribution is 2.39. The highest BCUT2D eigenvalue weighted by atomic mass is 79.9. The van der Waals surface area contributed by atoms with Gasteiger partial charge in [-0.05, 0) is 52.0 Å². The molecule has 0 atom stereocenters. The number of phenolic OH excluding ortho intramolecular Hbond substituents is 1. The van der Waals surface area contributed by atoms with Gasteiger partial charge in [0.15, 0.2) is 11.5 Å². The van der Waals surface area contributed by atoms with Crippen LogP contribution < -0.4 is 10.5 Å². The second-order valence-electron chi connectivity index (χ2n) is 4.43. The fraction of sp³-hybridized carbons (Fsp3) is 0.500. The summed E-state index contributed by atoms with van der Waals surface area (Å²) in [6.07, 6.45) is 0.882. The van der Waals surface area contributed by atoms with Gasteiger partial charge in [-0.3, -0.25) is 0 Å². The second-order valence-corrected chi connectivity index (χ2v) is 5.29. The second kappa shape index (κ2) is 5.06. The Hall–Kier alpha value is -0.740. The van der Waals surface area contributed by atoms with Gasteiger partial charge in [0.1, 0.15) is 0 Å². The Bertz CT molecular complexity index is 378. The fourth-order valence-corrected chi connectivity index (χ4v) is 2.07. The van der Waals surface area contributed by atoms with Crippen molar-refractivity contribution in [2.75, 3.05) is 13.7 Å². The molecule has 0 unspecified atom stereocenters. The summed E-state index contributed by atoms with van der Waals surface area (Å²) in [5, 5.41) is 9.72. The first kappa shape index (κ1) is 13.3. The number of benzene rings is 1. The lowest BCUT2D eigenvalue weighted by Gasteiger charge is -2.25. The van der Waals surface area contributed by atoms with Crippen molar-refractivity contribution >= 4 is 15.9 Å². The standard InChI is InChI=1S/C12H18BrNO2/c1-12(2,4-5-14)8-6-9(13)11(15)10(7-8)16-3/h6-7,15H,4-5,14H2,1-3H3. The number of methoxy groups -OCH3 is 1. The van der Waals surface area contributed by atoms with Crippen LogP contribution >= 0.6 is 15.9 Å². The molecule has 0 saturated carbocycles. The summed E-state index contributed by atoms with van der Waals surface area (Å²) in [7, 11) is 1.54. The molecule has 0 saturated heterocycles. The number of hydrogen-bond donors (Lipinski definition) is 2. The molecular weight excluding hydrogens is 270 g/mol.